The number of ether oxygens (including phenoxy) is 1. The van der Waals surface area contributed by atoms with E-state index in [1.54, 1.807) is 12.1 Å². The smallest absolute Gasteiger partial charge is 0.257 e. The highest BCUT2D eigenvalue weighted by molar-refractivity contribution is 5.77. The molecule has 4 heteroatoms. The van der Waals surface area contributed by atoms with Gasteiger partial charge in [0.05, 0.1) is 12.5 Å². The third kappa shape index (κ3) is 5.35. The van der Waals surface area contributed by atoms with Gasteiger partial charge in [-0.3, -0.25) is 4.79 Å². The number of nitriles is 1. The molecule has 0 radical (unpaired) electrons. The molecule has 4 nitrogen and oxygen atoms in total. The summed E-state index contributed by atoms with van der Waals surface area (Å²) in [5.74, 6) is 0.534. The minimum Gasteiger partial charge on any atom is -0.484 e. The third-order valence-electron chi connectivity index (χ3n) is 2.43. The lowest BCUT2D eigenvalue weighted by Gasteiger charge is -2.07. The number of amides is 1. The maximum Gasteiger partial charge on any atom is 0.257 e. The van der Waals surface area contributed by atoms with Crippen molar-refractivity contribution in [3.05, 3.63) is 29.8 Å². The van der Waals surface area contributed by atoms with Crippen LogP contribution < -0.4 is 10.1 Å². The molecule has 0 aliphatic carbocycles. The second-order valence-corrected chi connectivity index (χ2v) is 3.97. The van der Waals surface area contributed by atoms with Crippen LogP contribution in [0.25, 0.3) is 0 Å². The molecule has 0 aromatic heterocycles. The fraction of sp³-hybridized carbons (Fsp3) is 0.429. The minimum absolute atomic E-state index is 0.0291. The molecule has 18 heavy (non-hydrogen) atoms. The van der Waals surface area contributed by atoms with E-state index in [-0.39, 0.29) is 12.5 Å². The van der Waals surface area contributed by atoms with Crippen LogP contribution >= 0.6 is 0 Å². The van der Waals surface area contributed by atoms with Gasteiger partial charge in [-0.1, -0.05) is 25.5 Å². The summed E-state index contributed by atoms with van der Waals surface area (Å²) in [5, 5.41) is 11.3. The van der Waals surface area contributed by atoms with Gasteiger partial charge in [-0.25, -0.2) is 0 Å². The maximum atomic E-state index is 11.4. The van der Waals surface area contributed by atoms with Crippen LogP contribution in [0.15, 0.2) is 24.3 Å². The van der Waals surface area contributed by atoms with Crippen LogP contribution in [0, 0.1) is 11.3 Å². The van der Waals surface area contributed by atoms with E-state index in [4.69, 9.17) is 10.00 Å². The van der Waals surface area contributed by atoms with Gasteiger partial charge in [0.25, 0.3) is 5.91 Å². The second kappa shape index (κ2) is 8.13. The summed E-state index contributed by atoms with van der Waals surface area (Å²) in [6.07, 6.45) is 2.42. The third-order valence-corrected chi connectivity index (χ3v) is 2.43. The van der Waals surface area contributed by atoms with E-state index < -0.39 is 0 Å². The number of nitrogens with one attached hydrogen (secondary N) is 1. The monoisotopic (exact) mass is 246 g/mol. The standard InChI is InChI=1S/C14H18N2O2/c1-2-3-10-16-14(17)11-18-13-6-4-12(5-7-13)8-9-15/h4-7H,2-3,8,10-11H2,1H3,(H,16,17). The number of unbranched alkanes of at least 4 members (excludes halogenated alkanes) is 1. The van der Waals surface area contributed by atoms with Gasteiger partial charge in [-0.05, 0) is 24.1 Å². The first kappa shape index (κ1) is 14.0. The number of rotatable bonds is 7. The molecule has 0 heterocycles. The minimum atomic E-state index is -0.107. The summed E-state index contributed by atoms with van der Waals surface area (Å²) in [6, 6.07) is 9.27. The van der Waals surface area contributed by atoms with E-state index in [9.17, 15) is 4.79 Å². The summed E-state index contributed by atoms with van der Waals surface area (Å²) in [5.41, 5.74) is 0.942. The predicted molar refractivity (Wildman–Crippen MR) is 69.2 cm³/mol. The van der Waals surface area contributed by atoms with Crippen LogP contribution in [0.3, 0.4) is 0 Å². The molecule has 1 rings (SSSR count). The SMILES string of the molecule is CCCCNC(=O)COc1ccc(CC#N)cc1. The number of carbonyl (C=O) groups excluding carboxylic acids is 1. The van der Waals surface area contributed by atoms with E-state index in [0.717, 1.165) is 18.4 Å². The Bertz CT molecular complexity index is 407. The van der Waals surface area contributed by atoms with Crippen LogP contribution in [0.4, 0.5) is 0 Å². The van der Waals surface area contributed by atoms with Crippen molar-refractivity contribution in [2.75, 3.05) is 13.2 Å². The van der Waals surface area contributed by atoms with Crippen molar-refractivity contribution in [2.45, 2.75) is 26.2 Å². The number of hydrogen-bond acceptors (Lipinski definition) is 3. The number of carbonyl (C=O) groups is 1. The fourth-order valence-corrected chi connectivity index (χ4v) is 1.40. The zero-order valence-corrected chi connectivity index (χ0v) is 10.6. The van der Waals surface area contributed by atoms with Crippen molar-refractivity contribution in [3.63, 3.8) is 0 Å². The lowest BCUT2D eigenvalue weighted by atomic mass is 10.2. The molecule has 1 aromatic rings. The Kier molecular flexibility index (Phi) is 6.34. The van der Waals surface area contributed by atoms with E-state index in [0.29, 0.717) is 18.7 Å². The molecule has 1 N–H and O–H groups in total. The van der Waals surface area contributed by atoms with Gasteiger partial charge in [0.15, 0.2) is 6.61 Å². The second-order valence-electron chi connectivity index (χ2n) is 3.97. The van der Waals surface area contributed by atoms with Crippen molar-refractivity contribution < 1.29 is 9.53 Å². The first-order valence-corrected chi connectivity index (χ1v) is 6.11. The van der Waals surface area contributed by atoms with Crippen molar-refractivity contribution >= 4 is 5.91 Å². The molecule has 0 saturated heterocycles. The van der Waals surface area contributed by atoms with Crippen LogP contribution in [0.1, 0.15) is 25.3 Å². The molecular formula is C14H18N2O2. The Balaban J connectivity index is 2.30. The van der Waals surface area contributed by atoms with E-state index >= 15 is 0 Å². The normalized spacial score (nSPS) is 9.56. The zero-order chi connectivity index (χ0) is 13.2. The first-order chi connectivity index (χ1) is 8.76. The first-order valence-electron chi connectivity index (χ1n) is 6.11. The van der Waals surface area contributed by atoms with Gasteiger partial charge in [0.2, 0.25) is 0 Å². The van der Waals surface area contributed by atoms with Gasteiger partial charge in [-0.15, -0.1) is 0 Å². The van der Waals surface area contributed by atoms with Gasteiger partial charge in [0.1, 0.15) is 5.75 Å². The average molecular weight is 246 g/mol. The molecular weight excluding hydrogens is 228 g/mol. The predicted octanol–water partition coefficient (Wildman–Crippen LogP) is 2.05. The molecule has 0 aliphatic heterocycles. The number of nitrogens with zero attached hydrogens (tertiary/aromatic N) is 1. The van der Waals surface area contributed by atoms with Gasteiger partial charge >= 0.3 is 0 Å². The summed E-state index contributed by atoms with van der Waals surface area (Å²) in [4.78, 5) is 11.4. The van der Waals surface area contributed by atoms with Crippen LogP contribution in [0.2, 0.25) is 0 Å². The van der Waals surface area contributed by atoms with Crippen molar-refractivity contribution in [2.24, 2.45) is 0 Å². The molecule has 0 aliphatic rings. The molecule has 96 valence electrons. The van der Waals surface area contributed by atoms with Crippen molar-refractivity contribution in [1.29, 1.82) is 5.26 Å². The Hall–Kier alpha value is -2.02. The zero-order valence-electron chi connectivity index (χ0n) is 10.6. The molecule has 0 bridgehead atoms. The number of hydrogen-bond donors (Lipinski definition) is 1. The number of benzene rings is 1. The van der Waals surface area contributed by atoms with Crippen molar-refractivity contribution in [1.82, 2.24) is 5.32 Å². The Morgan fingerprint density at radius 3 is 2.72 bits per heavy atom. The topological polar surface area (TPSA) is 62.1 Å². The molecule has 0 saturated carbocycles. The Morgan fingerprint density at radius 2 is 2.11 bits per heavy atom. The van der Waals surface area contributed by atoms with E-state index in [1.165, 1.54) is 0 Å². The van der Waals surface area contributed by atoms with Gasteiger partial charge in [0, 0.05) is 6.54 Å². The van der Waals surface area contributed by atoms with Gasteiger partial charge < -0.3 is 10.1 Å². The maximum absolute atomic E-state index is 11.4. The summed E-state index contributed by atoms with van der Waals surface area (Å²) < 4.78 is 5.34. The highest BCUT2D eigenvalue weighted by atomic mass is 16.5. The molecule has 1 aromatic carbocycles. The molecule has 0 fully saturated rings. The summed E-state index contributed by atoms with van der Waals surface area (Å²) >= 11 is 0. The van der Waals surface area contributed by atoms with Crippen LogP contribution in [0.5, 0.6) is 5.75 Å². The van der Waals surface area contributed by atoms with Gasteiger partial charge in [-0.2, -0.15) is 5.26 Å². The highest BCUT2D eigenvalue weighted by Crippen LogP contribution is 2.12. The molecule has 0 spiro atoms. The largest absolute Gasteiger partial charge is 0.484 e. The van der Waals surface area contributed by atoms with Crippen molar-refractivity contribution in [3.8, 4) is 11.8 Å². The Labute approximate surface area is 108 Å². The lowest BCUT2D eigenvalue weighted by Crippen LogP contribution is -2.29. The molecule has 0 unspecified atom stereocenters. The van der Waals surface area contributed by atoms with Crippen LogP contribution in [-0.2, 0) is 11.2 Å². The quantitative estimate of drug-likeness (QED) is 0.749. The lowest BCUT2D eigenvalue weighted by molar-refractivity contribution is -0.123. The summed E-state index contributed by atoms with van der Waals surface area (Å²) in [7, 11) is 0. The average Bonchev–Trinajstić information content (AvgIpc) is 2.39. The highest BCUT2D eigenvalue weighted by Gasteiger charge is 2.01. The molecule has 0 atom stereocenters. The fourth-order valence-electron chi connectivity index (χ4n) is 1.40. The Morgan fingerprint density at radius 1 is 1.39 bits per heavy atom. The van der Waals surface area contributed by atoms with E-state index in [1.807, 2.05) is 12.1 Å². The van der Waals surface area contributed by atoms with Crippen LogP contribution in [-0.4, -0.2) is 19.1 Å². The summed E-state index contributed by atoms with van der Waals surface area (Å²) in [6.45, 7) is 2.80. The van der Waals surface area contributed by atoms with E-state index in [2.05, 4.69) is 18.3 Å². The molecule has 1 amide bonds.